The molecule has 0 bridgehead atoms. The number of benzene rings is 2. The van der Waals surface area contributed by atoms with Gasteiger partial charge in [0.05, 0.1) is 40.5 Å². The Morgan fingerprint density at radius 1 is 0.840 bits per heavy atom. The Labute approximate surface area is 168 Å². The zero-order valence-electron chi connectivity index (χ0n) is 15.3. The van der Waals surface area contributed by atoms with Crippen molar-refractivity contribution in [3.05, 3.63) is 71.8 Å². The standard InChI is InChI=1S/C21H28NO2.HI/c1-22(2,3)14-19-15-24-20(16-23-19)21(17-10-6-4-7-11-17)18-12-8-5-9-13-18;/h4-13,19-21H,14-16H2,1-3H3;1H/q+1;/p-1/t19-,20+;/m1./s1. The fourth-order valence-electron chi connectivity index (χ4n) is 3.41. The van der Waals surface area contributed by atoms with Crippen LogP contribution in [0.1, 0.15) is 17.0 Å². The Balaban J connectivity index is 0.00000225. The van der Waals surface area contributed by atoms with Gasteiger partial charge in [-0.15, -0.1) is 0 Å². The largest absolute Gasteiger partial charge is 1.00 e. The molecule has 0 spiro atoms. The third-order valence-corrected chi connectivity index (χ3v) is 4.43. The highest BCUT2D eigenvalue weighted by molar-refractivity contribution is 5.34. The predicted molar refractivity (Wildman–Crippen MR) is 97.1 cm³/mol. The molecule has 1 saturated heterocycles. The molecule has 25 heavy (non-hydrogen) atoms. The third kappa shape index (κ3) is 5.78. The van der Waals surface area contributed by atoms with Gasteiger partial charge in [0, 0.05) is 5.92 Å². The lowest BCUT2D eigenvalue weighted by Gasteiger charge is -2.37. The molecule has 0 N–H and O–H groups in total. The van der Waals surface area contributed by atoms with Crippen LogP contribution in [0.5, 0.6) is 0 Å². The van der Waals surface area contributed by atoms with Crippen LogP contribution >= 0.6 is 0 Å². The maximum absolute atomic E-state index is 6.27. The van der Waals surface area contributed by atoms with Crippen LogP contribution in [0, 0.1) is 0 Å². The minimum atomic E-state index is 0. The van der Waals surface area contributed by atoms with Crippen LogP contribution in [-0.2, 0) is 9.47 Å². The van der Waals surface area contributed by atoms with Gasteiger partial charge >= 0.3 is 0 Å². The molecule has 0 saturated carbocycles. The number of halogens is 1. The van der Waals surface area contributed by atoms with Gasteiger partial charge in [-0.3, -0.25) is 0 Å². The van der Waals surface area contributed by atoms with Crippen LogP contribution in [0.2, 0.25) is 0 Å². The monoisotopic (exact) mass is 453 g/mol. The van der Waals surface area contributed by atoms with Gasteiger partial charge < -0.3 is 37.9 Å². The molecule has 4 heteroatoms. The smallest absolute Gasteiger partial charge is 0.130 e. The van der Waals surface area contributed by atoms with E-state index in [-0.39, 0.29) is 42.1 Å². The first-order valence-electron chi connectivity index (χ1n) is 8.66. The number of rotatable bonds is 5. The summed E-state index contributed by atoms with van der Waals surface area (Å²) in [6.07, 6.45) is 0.229. The van der Waals surface area contributed by atoms with Gasteiger partial charge in [-0.2, -0.15) is 0 Å². The summed E-state index contributed by atoms with van der Waals surface area (Å²) in [6, 6.07) is 21.2. The molecule has 0 radical (unpaired) electrons. The normalized spacial score (nSPS) is 21.0. The van der Waals surface area contributed by atoms with Crippen LogP contribution in [0.25, 0.3) is 0 Å². The van der Waals surface area contributed by atoms with Crippen molar-refractivity contribution in [2.45, 2.75) is 18.1 Å². The minimum Gasteiger partial charge on any atom is -1.00 e. The second-order valence-electron chi connectivity index (χ2n) is 7.60. The molecule has 1 aliphatic rings. The van der Waals surface area contributed by atoms with E-state index >= 15 is 0 Å². The van der Waals surface area contributed by atoms with Crippen molar-refractivity contribution >= 4 is 0 Å². The lowest BCUT2D eigenvalue weighted by atomic mass is 9.86. The maximum atomic E-state index is 6.27. The van der Waals surface area contributed by atoms with E-state index < -0.39 is 0 Å². The van der Waals surface area contributed by atoms with Crippen LogP contribution < -0.4 is 24.0 Å². The van der Waals surface area contributed by atoms with Gasteiger partial charge in [-0.25, -0.2) is 0 Å². The van der Waals surface area contributed by atoms with E-state index in [0.29, 0.717) is 13.2 Å². The van der Waals surface area contributed by atoms with Gasteiger partial charge in [0.15, 0.2) is 0 Å². The highest BCUT2D eigenvalue weighted by atomic mass is 127. The summed E-state index contributed by atoms with van der Waals surface area (Å²) in [6.45, 7) is 2.27. The SMILES string of the molecule is C[N+](C)(C)C[C@@H]1CO[C@H](C(c2ccccc2)c2ccccc2)CO1.[I-]. The zero-order valence-corrected chi connectivity index (χ0v) is 17.4. The molecule has 0 amide bonds. The van der Waals surface area contributed by atoms with Gasteiger partial charge in [0.25, 0.3) is 0 Å². The predicted octanol–water partition coefficient (Wildman–Crippen LogP) is 0.313. The summed E-state index contributed by atoms with van der Waals surface area (Å²) in [4.78, 5) is 0. The summed E-state index contributed by atoms with van der Waals surface area (Å²) in [5, 5.41) is 0. The van der Waals surface area contributed by atoms with E-state index in [0.717, 1.165) is 11.0 Å². The fraction of sp³-hybridized carbons (Fsp3) is 0.429. The summed E-state index contributed by atoms with van der Waals surface area (Å²) >= 11 is 0. The average Bonchev–Trinajstić information content (AvgIpc) is 2.57. The van der Waals surface area contributed by atoms with Gasteiger partial charge in [-0.05, 0) is 11.1 Å². The van der Waals surface area contributed by atoms with Crippen LogP contribution in [-0.4, -0.2) is 57.6 Å². The quantitative estimate of drug-likeness (QED) is 0.480. The summed E-state index contributed by atoms with van der Waals surface area (Å²) in [7, 11) is 6.56. The molecule has 3 nitrogen and oxygen atoms in total. The van der Waals surface area contributed by atoms with Crippen LogP contribution in [0.3, 0.4) is 0 Å². The Kier molecular flexibility index (Phi) is 7.43. The highest BCUT2D eigenvalue weighted by Gasteiger charge is 2.33. The Hall–Kier alpha value is -0.950. The Bertz CT molecular complexity index is 580. The van der Waals surface area contributed by atoms with E-state index in [1.165, 1.54) is 11.1 Å². The molecule has 0 unspecified atom stereocenters. The van der Waals surface area contributed by atoms with Crippen molar-refractivity contribution in [2.24, 2.45) is 0 Å². The molecule has 136 valence electrons. The second-order valence-corrected chi connectivity index (χ2v) is 7.60. The van der Waals surface area contributed by atoms with Crippen molar-refractivity contribution in [3.8, 4) is 0 Å². The van der Waals surface area contributed by atoms with Crippen LogP contribution in [0.4, 0.5) is 0 Å². The molecule has 2 aromatic carbocycles. The molecule has 1 fully saturated rings. The fourth-order valence-corrected chi connectivity index (χ4v) is 3.41. The van der Waals surface area contributed by atoms with Crippen molar-refractivity contribution in [2.75, 3.05) is 40.9 Å². The molecule has 2 atom stereocenters. The molecule has 1 heterocycles. The highest BCUT2D eigenvalue weighted by Crippen LogP contribution is 2.31. The van der Waals surface area contributed by atoms with Gasteiger partial charge in [-0.1, -0.05) is 60.7 Å². The molecule has 0 aromatic heterocycles. The topological polar surface area (TPSA) is 18.5 Å². The number of nitrogens with zero attached hydrogens (tertiary/aromatic N) is 1. The van der Waals surface area contributed by atoms with Crippen LogP contribution in [0.15, 0.2) is 60.7 Å². The van der Waals surface area contributed by atoms with Gasteiger partial charge in [0.2, 0.25) is 0 Å². The first kappa shape index (κ1) is 20.4. The first-order valence-corrected chi connectivity index (χ1v) is 8.66. The van der Waals surface area contributed by atoms with Gasteiger partial charge in [0.1, 0.15) is 12.6 Å². The van der Waals surface area contributed by atoms with Crippen molar-refractivity contribution < 1.29 is 37.9 Å². The number of ether oxygens (including phenoxy) is 2. The zero-order chi connectivity index (χ0) is 17.0. The van der Waals surface area contributed by atoms with Crippen molar-refractivity contribution in [1.82, 2.24) is 0 Å². The summed E-state index contributed by atoms with van der Waals surface area (Å²) in [5.74, 6) is 0.206. The van der Waals surface area contributed by atoms with E-state index in [1.54, 1.807) is 0 Å². The Morgan fingerprint density at radius 3 is 1.76 bits per heavy atom. The van der Waals surface area contributed by atoms with E-state index in [2.05, 4.69) is 81.8 Å². The molecule has 0 aliphatic carbocycles. The molecular weight excluding hydrogens is 425 g/mol. The molecular formula is C21H28INO2. The molecule has 2 aromatic rings. The van der Waals surface area contributed by atoms with Crippen molar-refractivity contribution in [3.63, 3.8) is 0 Å². The molecule has 1 aliphatic heterocycles. The number of quaternary nitrogens is 1. The third-order valence-electron chi connectivity index (χ3n) is 4.43. The number of hydrogen-bond acceptors (Lipinski definition) is 2. The second kappa shape index (κ2) is 9.12. The Morgan fingerprint density at radius 2 is 1.36 bits per heavy atom. The lowest BCUT2D eigenvalue weighted by molar-refractivity contribution is -0.874. The van der Waals surface area contributed by atoms with E-state index in [1.807, 2.05) is 0 Å². The summed E-state index contributed by atoms with van der Waals surface area (Å²) < 4.78 is 13.3. The lowest BCUT2D eigenvalue weighted by Crippen LogP contribution is -3.00. The number of hydrogen-bond donors (Lipinski definition) is 0. The summed E-state index contributed by atoms with van der Waals surface area (Å²) in [5.41, 5.74) is 2.56. The van der Waals surface area contributed by atoms with Crippen molar-refractivity contribution in [1.29, 1.82) is 0 Å². The minimum absolute atomic E-state index is 0. The average molecular weight is 453 g/mol. The van der Waals surface area contributed by atoms with E-state index in [4.69, 9.17) is 9.47 Å². The first-order chi connectivity index (χ1) is 11.5. The number of likely N-dealkylation sites (N-methyl/N-ethyl adjacent to an activating group) is 1. The molecule has 3 rings (SSSR count). The van der Waals surface area contributed by atoms with E-state index in [9.17, 15) is 0 Å². The maximum Gasteiger partial charge on any atom is 0.130 e.